The lowest BCUT2D eigenvalue weighted by Gasteiger charge is -2.18. The average Bonchev–Trinajstić information content (AvgIpc) is 2.57. The Balaban J connectivity index is 1.64. The summed E-state index contributed by atoms with van der Waals surface area (Å²) >= 11 is 0. The Morgan fingerprint density at radius 1 is 1.08 bits per heavy atom. The third kappa shape index (κ3) is 6.28. The molecule has 1 aromatic rings. The molecule has 0 aliphatic carbocycles. The zero-order chi connectivity index (χ0) is 17.2. The van der Waals surface area contributed by atoms with E-state index >= 15 is 0 Å². The molecule has 0 radical (unpaired) electrons. The molecule has 2 rings (SSSR count). The highest BCUT2D eigenvalue weighted by atomic mass is 16.6. The lowest BCUT2D eigenvalue weighted by Crippen LogP contribution is -2.17. The predicted octanol–water partition coefficient (Wildman–Crippen LogP) is 2.33. The minimum absolute atomic E-state index is 0.151. The quantitative estimate of drug-likeness (QED) is 0.410. The summed E-state index contributed by atoms with van der Waals surface area (Å²) in [4.78, 5) is 22.0. The highest BCUT2D eigenvalue weighted by Gasteiger charge is 2.10. The van der Waals surface area contributed by atoms with Gasteiger partial charge in [-0.05, 0) is 36.6 Å². The van der Waals surface area contributed by atoms with E-state index < -0.39 is 5.97 Å². The molecule has 1 aliphatic rings. The number of carbonyl (C=O) groups is 2. The second-order valence-corrected chi connectivity index (χ2v) is 5.50. The molecule has 0 fully saturated rings. The number of unbranched alkanes of at least 4 members (excludes halogenated alkanes) is 3. The molecular weight excluding hydrogens is 312 g/mol. The molecule has 7 nitrogen and oxygen atoms in total. The summed E-state index contributed by atoms with van der Waals surface area (Å²) in [6.45, 7) is 1.07. The number of amides is 1. The number of aliphatic carboxylic acids is 1. The van der Waals surface area contributed by atoms with Gasteiger partial charge in [-0.1, -0.05) is 12.8 Å². The molecular formula is C17H22N2O5. The van der Waals surface area contributed by atoms with Gasteiger partial charge in [-0.3, -0.25) is 9.59 Å². The molecule has 7 heteroatoms. The molecule has 0 bridgehead atoms. The van der Waals surface area contributed by atoms with Gasteiger partial charge in [0.25, 0.3) is 0 Å². The van der Waals surface area contributed by atoms with Crippen LogP contribution < -0.4 is 14.9 Å². The number of carboxylic acids is 1. The SMILES string of the molecule is O=C(O)CCCCCCC(=O)N/N=C/c1ccc2c(c1)OCCO2. The van der Waals surface area contributed by atoms with Crippen LogP contribution in [0, 0.1) is 0 Å². The number of carboxylic acid groups (broad SMARTS) is 1. The minimum atomic E-state index is -0.777. The molecule has 1 heterocycles. The van der Waals surface area contributed by atoms with Crippen molar-refractivity contribution in [2.75, 3.05) is 13.2 Å². The van der Waals surface area contributed by atoms with Crippen LogP contribution in [0.5, 0.6) is 11.5 Å². The molecule has 0 saturated carbocycles. The number of benzene rings is 1. The summed E-state index contributed by atoms with van der Waals surface area (Å²) in [5.41, 5.74) is 3.30. The average molecular weight is 334 g/mol. The van der Waals surface area contributed by atoms with Crippen LogP contribution in [0.25, 0.3) is 0 Å². The van der Waals surface area contributed by atoms with Crippen LogP contribution in [0.15, 0.2) is 23.3 Å². The number of nitrogens with one attached hydrogen (secondary N) is 1. The summed E-state index contributed by atoms with van der Waals surface area (Å²) in [5.74, 6) is 0.464. The number of hydrogen-bond donors (Lipinski definition) is 2. The van der Waals surface area contributed by atoms with Gasteiger partial charge in [-0.15, -0.1) is 0 Å². The molecule has 24 heavy (non-hydrogen) atoms. The molecule has 130 valence electrons. The first kappa shape index (κ1) is 17.8. The van der Waals surface area contributed by atoms with E-state index in [-0.39, 0.29) is 12.3 Å². The normalized spacial score (nSPS) is 13.0. The fourth-order valence-electron chi connectivity index (χ4n) is 2.29. The Labute approximate surface area is 140 Å². The van der Waals surface area contributed by atoms with Crippen LogP contribution in [0.3, 0.4) is 0 Å². The second kappa shape index (κ2) is 9.54. The maximum absolute atomic E-state index is 11.6. The van der Waals surface area contributed by atoms with Crippen LogP contribution >= 0.6 is 0 Å². The van der Waals surface area contributed by atoms with E-state index in [9.17, 15) is 9.59 Å². The lowest BCUT2D eigenvalue weighted by molar-refractivity contribution is -0.137. The zero-order valence-corrected chi connectivity index (χ0v) is 13.5. The smallest absolute Gasteiger partial charge is 0.303 e. The fourth-order valence-corrected chi connectivity index (χ4v) is 2.29. The number of hydrogen-bond acceptors (Lipinski definition) is 5. The minimum Gasteiger partial charge on any atom is -0.486 e. The van der Waals surface area contributed by atoms with Gasteiger partial charge in [-0.2, -0.15) is 5.10 Å². The Hall–Kier alpha value is -2.57. The van der Waals surface area contributed by atoms with Crippen molar-refractivity contribution >= 4 is 18.1 Å². The third-order valence-electron chi connectivity index (χ3n) is 3.51. The highest BCUT2D eigenvalue weighted by Crippen LogP contribution is 2.30. The Morgan fingerprint density at radius 2 is 1.79 bits per heavy atom. The van der Waals surface area contributed by atoms with E-state index in [1.54, 1.807) is 6.21 Å². The third-order valence-corrected chi connectivity index (χ3v) is 3.51. The number of carbonyl (C=O) groups excluding carboxylic acids is 1. The largest absolute Gasteiger partial charge is 0.486 e. The Morgan fingerprint density at radius 3 is 2.54 bits per heavy atom. The van der Waals surface area contributed by atoms with E-state index in [1.807, 2.05) is 18.2 Å². The number of nitrogens with zero attached hydrogens (tertiary/aromatic N) is 1. The van der Waals surface area contributed by atoms with E-state index in [1.165, 1.54) is 0 Å². The standard InChI is InChI=1S/C17H22N2O5/c20-16(5-3-1-2-4-6-17(21)22)19-18-12-13-7-8-14-15(11-13)24-10-9-23-14/h7-8,11-12H,1-6,9-10H2,(H,19,20)(H,21,22)/b18-12+. The number of fused-ring (bicyclic) bond motifs is 1. The van der Waals surface area contributed by atoms with Crippen molar-refractivity contribution in [1.29, 1.82) is 0 Å². The molecule has 0 aromatic heterocycles. The fraction of sp³-hybridized carbons (Fsp3) is 0.471. The summed E-state index contributed by atoms with van der Waals surface area (Å²) < 4.78 is 10.9. The van der Waals surface area contributed by atoms with Crippen LogP contribution in [-0.4, -0.2) is 36.4 Å². The number of rotatable bonds is 9. The molecule has 1 aliphatic heterocycles. The van der Waals surface area contributed by atoms with E-state index in [2.05, 4.69) is 10.5 Å². The maximum atomic E-state index is 11.6. The van der Waals surface area contributed by atoms with Gasteiger partial charge < -0.3 is 14.6 Å². The maximum Gasteiger partial charge on any atom is 0.303 e. The molecule has 0 saturated heterocycles. The first-order valence-electron chi connectivity index (χ1n) is 8.08. The molecule has 0 atom stereocenters. The molecule has 2 N–H and O–H groups in total. The molecule has 0 unspecified atom stereocenters. The van der Waals surface area contributed by atoms with Crippen molar-refractivity contribution in [2.45, 2.75) is 38.5 Å². The van der Waals surface area contributed by atoms with Gasteiger partial charge in [0.1, 0.15) is 13.2 Å². The predicted molar refractivity (Wildman–Crippen MR) is 88.5 cm³/mol. The summed E-state index contributed by atoms with van der Waals surface area (Å²) in [5, 5.41) is 12.5. The van der Waals surface area contributed by atoms with Crippen molar-refractivity contribution in [1.82, 2.24) is 5.43 Å². The van der Waals surface area contributed by atoms with Crippen LogP contribution in [0.4, 0.5) is 0 Å². The number of ether oxygens (including phenoxy) is 2. The highest BCUT2D eigenvalue weighted by molar-refractivity contribution is 5.83. The van der Waals surface area contributed by atoms with Crippen molar-refractivity contribution in [3.8, 4) is 11.5 Å². The second-order valence-electron chi connectivity index (χ2n) is 5.50. The van der Waals surface area contributed by atoms with Gasteiger partial charge >= 0.3 is 5.97 Å². The van der Waals surface area contributed by atoms with E-state index in [0.717, 1.165) is 24.8 Å². The van der Waals surface area contributed by atoms with Crippen LogP contribution in [-0.2, 0) is 9.59 Å². The Bertz CT molecular complexity index is 601. The van der Waals surface area contributed by atoms with Crippen molar-refractivity contribution in [2.24, 2.45) is 5.10 Å². The summed E-state index contributed by atoms with van der Waals surface area (Å²) in [7, 11) is 0. The van der Waals surface area contributed by atoms with Crippen molar-refractivity contribution < 1.29 is 24.2 Å². The van der Waals surface area contributed by atoms with Gasteiger partial charge in [-0.25, -0.2) is 5.43 Å². The Kier molecular flexibility index (Phi) is 7.07. The van der Waals surface area contributed by atoms with Crippen LogP contribution in [0.2, 0.25) is 0 Å². The molecule has 0 spiro atoms. The lowest BCUT2D eigenvalue weighted by atomic mass is 10.1. The first-order valence-corrected chi connectivity index (χ1v) is 8.08. The molecule has 1 amide bonds. The first-order chi connectivity index (χ1) is 11.6. The zero-order valence-electron chi connectivity index (χ0n) is 13.5. The monoisotopic (exact) mass is 334 g/mol. The van der Waals surface area contributed by atoms with E-state index in [0.29, 0.717) is 37.6 Å². The molecule has 1 aromatic carbocycles. The van der Waals surface area contributed by atoms with Crippen LogP contribution in [0.1, 0.15) is 44.1 Å². The number of hydrazone groups is 1. The van der Waals surface area contributed by atoms with Gasteiger partial charge in [0, 0.05) is 12.8 Å². The topological polar surface area (TPSA) is 97.2 Å². The summed E-state index contributed by atoms with van der Waals surface area (Å²) in [6.07, 6.45) is 5.16. The van der Waals surface area contributed by atoms with E-state index in [4.69, 9.17) is 14.6 Å². The van der Waals surface area contributed by atoms with Gasteiger partial charge in [0.2, 0.25) is 5.91 Å². The van der Waals surface area contributed by atoms with Crippen molar-refractivity contribution in [3.05, 3.63) is 23.8 Å². The van der Waals surface area contributed by atoms with Crippen molar-refractivity contribution in [3.63, 3.8) is 0 Å². The summed E-state index contributed by atoms with van der Waals surface area (Å²) in [6, 6.07) is 5.47. The van der Waals surface area contributed by atoms with Gasteiger partial charge in [0.05, 0.1) is 6.21 Å². The van der Waals surface area contributed by atoms with Gasteiger partial charge in [0.15, 0.2) is 11.5 Å².